The van der Waals surface area contributed by atoms with E-state index in [9.17, 15) is 8.78 Å². The summed E-state index contributed by atoms with van der Waals surface area (Å²) in [6, 6.07) is 4.88. The summed E-state index contributed by atoms with van der Waals surface area (Å²) in [6.07, 6.45) is 2.02. The van der Waals surface area contributed by atoms with Gasteiger partial charge in [-0.1, -0.05) is 23.8 Å². The van der Waals surface area contributed by atoms with E-state index in [1.165, 1.54) is 17.7 Å². The second kappa shape index (κ2) is 11.2. The number of likely N-dealkylation sites (tertiary alicyclic amines) is 1. The minimum Gasteiger partial charge on any atom is -0.434 e. The van der Waals surface area contributed by atoms with Crippen LogP contribution in [-0.2, 0) is 6.54 Å². The molecule has 156 valence electrons. The molecule has 2 rings (SSSR count). The molecule has 0 bridgehead atoms. The number of ether oxygens (including phenoxy) is 1. The van der Waals surface area contributed by atoms with Crippen LogP contribution in [0.5, 0.6) is 5.75 Å². The van der Waals surface area contributed by atoms with Crippen LogP contribution >= 0.6 is 11.6 Å². The lowest BCUT2D eigenvalue weighted by molar-refractivity contribution is -0.0504. The van der Waals surface area contributed by atoms with Crippen molar-refractivity contribution in [2.24, 2.45) is 4.99 Å². The first-order valence-corrected chi connectivity index (χ1v) is 9.90. The van der Waals surface area contributed by atoms with Gasteiger partial charge < -0.3 is 15.4 Å². The highest BCUT2D eigenvalue weighted by Crippen LogP contribution is 2.25. The molecule has 1 aliphatic heterocycles. The van der Waals surface area contributed by atoms with E-state index >= 15 is 0 Å². The highest BCUT2D eigenvalue weighted by atomic mass is 35.5. The van der Waals surface area contributed by atoms with Gasteiger partial charge in [-0.25, -0.2) is 4.99 Å². The first-order valence-electron chi connectivity index (χ1n) is 9.52. The molecule has 2 N–H and O–H groups in total. The molecule has 28 heavy (non-hydrogen) atoms. The molecule has 0 aliphatic carbocycles. The van der Waals surface area contributed by atoms with Gasteiger partial charge in [0.2, 0.25) is 0 Å². The third-order valence-electron chi connectivity index (χ3n) is 4.41. The fourth-order valence-corrected chi connectivity index (χ4v) is 3.37. The zero-order valence-electron chi connectivity index (χ0n) is 16.5. The maximum atomic E-state index is 12.6. The van der Waals surface area contributed by atoms with E-state index in [-0.39, 0.29) is 12.3 Å². The molecule has 5 nitrogen and oxygen atoms in total. The van der Waals surface area contributed by atoms with Crippen molar-refractivity contribution in [3.05, 3.63) is 40.9 Å². The van der Waals surface area contributed by atoms with Crippen molar-refractivity contribution in [3.63, 3.8) is 0 Å². The molecule has 0 aromatic heterocycles. The first kappa shape index (κ1) is 22.4. The second-order valence-corrected chi connectivity index (χ2v) is 7.41. The Morgan fingerprint density at radius 2 is 2.11 bits per heavy atom. The van der Waals surface area contributed by atoms with Gasteiger partial charge in [-0.3, -0.25) is 4.90 Å². The minimum absolute atomic E-state index is 0.0899. The molecule has 1 saturated heterocycles. The fourth-order valence-electron chi connectivity index (χ4n) is 3.18. The fraction of sp³-hybridized carbons (Fsp3) is 0.550. The smallest absolute Gasteiger partial charge is 0.387 e. The lowest BCUT2D eigenvalue weighted by atomic mass is 10.0. The third-order valence-corrected chi connectivity index (χ3v) is 4.65. The van der Waals surface area contributed by atoms with Gasteiger partial charge in [-0.2, -0.15) is 8.78 Å². The molecular formula is C20H29ClF2N4O. The minimum atomic E-state index is -2.89. The number of nitrogens with zero attached hydrogens (tertiary/aromatic N) is 2. The number of aliphatic imine (C=N–C) groups is 1. The molecule has 1 aromatic carbocycles. The maximum absolute atomic E-state index is 12.6. The van der Waals surface area contributed by atoms with Crippen LogP contribution < -0.4 is 15.4 Å². The third kappa shape index (κ3) is 7.64. The quantitative estimate of drug-likeness (QED) is 0.383. The monoisotopic (exact) mass is 414 g/mol. The summed E-state index contributed by atoms with van der Waals surface area (Å²) in [4.78, 5) is 6.93. The normalized spacial score (nSPS) is 16.3. The number of nitrogens with one attached hydrogen (secondary N) is 2. The van der Waals surface area contributed by atoms with E-state index in [2.05, 4.69) is 31.8 Å². The van der Waals surface area contributed by atoms with Crippen LogP contribution in [-0.4, -0.2) is 49.7 Å². The standard InChI is InChI=1S/C20H29ClF2N4O/c1-4-24-20(26-17-7-9-27(10-8-17)13-14(2)3)25-12-15-11-16(21)5-6-18(15)28-19(22)23/h5-6,11,17,19H,2,4,7-10,12-13H2,1,3H3,(H2,24,25,26). The zero-order valence-corrected chi connectivity index (χ0v) is 17.2. The van der Waals surface area contributed by atoms with Crippen LogP contribution in [0.3, 0.4) is 0 Å². The molecule has 1 aromatic rings. The number of halogens is 3. The average Bonchev–Trinajstić information content (AvgIpc) is 2.62. The highest BCUT2D eigenvalue weighted by molar-refractivity contribution is 6.30. The zero-order chi connectivity index (χ0) is 20.5. The van der Waals surface area contributed by atoms with Crippen molar-refractivity contribution in [2.45, 2.75) is 45.9 Å². The van der Waals surface area contributed by atoms with Crippen molar-refractivity contribution in [1.29, 1.82) is 0 Å². The van der Waals surface area contributed by atoms with Gasteiger partial charge in [0.05, 0.1) is 6.54 Å². The molecule has 1 heterocycles. The number of benzene rings is 1. The Morgan fingerprint density at radius 3 is 2.71 bits per heavy atom. The molecule has 8 heteroatoms. The summed E-state index contributed by atoms with van der Waals surface area (Å²) in [6.45, 7) is 8.94. The number of hydrogen-bond acceptors (Lipinski definition) is 3. The topological polar surface area (TPSA) is 48.9 Å². The molecule has 0 atom stereocenters. The molecule has 0 unspecified atom stereocenters. The summed E-state index contributed by atoms with van der Waals surface area (Å²) >= 11 is 6.00. The van der Waals surface area contributed by atoms with E-state index in [0.717, 1.165) is 32.5 Å². The summed E-state index contributed by atoms with van der Waals surface area (Å²) in [5.74, 6) is 0.746. The van der Waals surface area contributed by atoms with Gasteiger partial charge in [0, 0.05) is 42.8 Å². The van der Waals surface area contributed by atoms with E-state index in [1.807, 2.05) is 13.8 Å². The number of hydrogen-bond donors (Lipinski definition) is 2. The number of piperidine rings is 1. The average molecular weight is 415 g/mol. The van der Waals surface area contributed by atoms with Crippen LogP contribution in [0.2, 0.25) is 5.02 Å². The van der Waals surface area contributed by atoms with Crippen LogP contribution in [0.25, 0.3) is 0 Å². The van der Waals surface area contributed by atoms with Crippen molar-refractivity contribution < 1.29 is 13.5 Å². The molecule has 1 fully saturated rings. The summed E-state index contributed by atoms with van der Waals surface area (Å²) in [7, 11) is 0. The van der Waals surface area contributed by atoms with Crippen LogP contribution in [0, 0.1) is 0 Å². The molecule has 0 radical (unpaired) electrons. The van der Waals surface area contributed by atoms with E-state index < -0.39 is 6.61 Å². The van der Waals surface area contributed by atoms with Crippen LogP contribution in [0.1, 0.15) is 32.3 Å². The van der Waals surface area contributed by atoms with E-state index in [4.69, 9.17) is 11.6 Å². The molecule has 0 saturated carbocycles. The van der Waals surface area contributed by atoms with Gasteiger partial charge in [0.25, 0.3) is 0 Å². The molecule has 0 amide bonds. The summed E-state index contributed by atoms with van der Waals surface area (Å²) in [5.41, 5.74) is 1.69. The van der Waals surface area contributed by atoms with Crippen LogP contribution in [0.15, 0.2) is 35.3 Å². The predicted molar refractivity (Wildman–Crippen MR) is 110 cm³/mol. The van der Waals surface area contributed by atoms with Gasteiger partial charge in [-0.15, -0.1) is 0 Å². The van der Waals surface area contributed by atoms with Crippen LogP contribution in [0.4, 0.5) is 8.78 Å². The van der Waals surface area contributed by atoms with Crippen molar-refractivity contribution in [1.82, 2.24) is 15.5 Å². The first-order chi connectivity index (χ1) is 13.4. The van der Waals surface area contributed by atoms with Crippen molar-refractivity contribution in [3.8, 4) is 5.75 Å². The van der Waals surface area contributed by atoms with E-state index in [1.54, 1.807) is 6.07 Å². The number of alkyl halides is 2. The number of rotatable bonds is 8. The van der Waals surface area contributed by atoms with E-state index in [0.29, 0.717) is 29.1 Å². The van der Waals surface area contributed by atoms with Gasteiger partial charge in [0.1, 0.15) is 5.75 Å². The highest BCUT2D eigenvalue weighted by Gasteiger charge is 2.20. The Balaban J connectivity index is 1.99. The van der Waals surface area contributed by atoms with Gasteiger partial charge in [-0.05, 0) is 44.9 Å². The number of guanidine groups is 1. The van der Waals surface area contributed by atoms with Crippen molar-refractivity contribution in [2.75, 3.05) is 26.2 Å². The lowest BCUT2D eigenvalue weighted by Crippen LogP contribution is -2.48. The SMILES string of the molecule is C=C(C)CN1CCC(NC(=NCc2cc(Cl)ccc2OC(F)F)NCC)CC1. The Morgan fingerprint density at radius 1 is 1.39 bits per heavy atom. The molecular weight excluding hydrogens is 386 g/mol. The molecule has 1 aliphatic rings. The summed E-state index contributed by atoms with van der Waals surface area (Å²) < 4.78 is 29.8. The predicted octanol–water partition coefficient (Wildman–Crippen LogP) is 4.04. The molecule has 0 spiro atoms. The van der Waals surface area contributed by atoms with Gasteiger partial charge >= 0.3 is 6.61 Å². The Hall–Kier alpha value is -1.86. The Kier molecular flexibility index (Phi) is 8.99. The van der Waals surface area contributed by atoms with Crippen molar-refractivity contribution >= 4 is 17.6 Å². The lowest BCUT2D eigenvalue weighted by Gasteiger charge is -2.33. The maximum Gasteiger partial charge on any atom is 0.387 e. The summed E-state index contributed by atoms with van der Waals surface area (Å²) in [5, 5.41) is 7.10. The Bertz CT molecular complexity index is 676. The van der Waals surface area contributed by atoms with Gasteiger partial charge in [0.15, 0.2) is 5.96 Å². The Labute approximate surface area is 170 Å². The largest absolute Gasteiger partial charge is 0.434 e. The second-order valence-electron chi connectivity index (χ2n) is 6.98.